The third kappa shape index (κ3) is 3.84. The molecule has 0 fully saturated rings. The van der Waals surface area contributed by atoms with Crippen LogP contribution < -0.4 is 0 Å². The number of hydrogen-bond donors (Lipinski definition) is 0. The Kier molecular flexibility index (Phi) is 4.34. The first-order valence-electron chi connectivity index (χ1n) is 4.22. The molecule has 0 aliphatic heterocycles. The van der Waals surface area contributed by atoms with Crippen molar-refractivity contribution in [1.82, 2.24) is 0 Å². The fourth-order valence-corrected chi connectivity index (χ4v) is 1.20. The normalized spacial score (nSPS) is 12.3. The maximum Gasteiger partial charge on any atom is 0.105 e. The van der Waals surface area contributed by atoms with Crippen LogP contribution in [0.5, 0.6) is 0 Å². The van der Waals surface area contributed by atoms with Crippen LogP contribution in [0.15, 0.2) is 30.3 Å². The summed E-state index contributed by atoms with van der Waals surface area (Å²) < 4.78 is 0. The Morgan fingerprint density at radius 2 is 1.85 bits per heavy atom. The van der Waals surface area contributed by atoms with Crippen molar-refractivity contribution in [3.63, 3.8) is 0 Å². The van der Waals surface area contributed by atoms with Crippen LogP contribution in [0.2, 0.25) is 0 Å². The van der Waals surface area contributed by atoms with Crippen molar-refractivity contribution in [2.24, 2.45) is 0 Å². The van der Waals surface area contributed by atoms with Crippen LogP contribution in [0.25, 0.3) is 6.08 Å². The van der Waals surface area contributed by atoms with Gasteiger partial charge >= 0.3 is 0 Å². The summed E-state index contributed by atoms with van der Waals surface area (Å²) in [6, 6.07) is 8.49. The number of allylic oxidation sites excluding steroid dienone is 1. The van der Waals surface area contributed by atoms with Gasteiger partial charge in [0.05, 0.1) is 0 Å². The van der Waals surface area contributed by atoms with Gasteiger partial charge in [0.25, 0.3) is 0 Å². The molecule has 2 rings (SSSR count). The van der Waals surface area contributed by atoms with E-state index in [0.717, 1.165) is 6.42 Å². The van der Waals surface area contributed by atoms with Crippen molar-refractivity contribution in [2.45, 2.75) is 18.2 Å². The first kappa shape index (κ1) is 10.6. The maximum atomic E-state index is 5.04. The average molecular weight is 215 g/mol. The van der Waals surface area contributed by atoms with Crippen LogP contribution in [-0.4, -0.2) is 4.84 Å². The standard InChI is InChI=1S/C9H8.C2H4Cl2/c1-2-5-9-7-3-6-8(9)4-1;1-2(3)4/h1-6H,7H2;2H,1H3. The quantitative estimate of drug-likeness (QED) is 0.572. The van der Waals surface area contributed by atoms with Gasteiger partial charge in [-0.1, -0.05) is 36.4 Å². The molecule has 0 atom stereocenters. The number of benzene rings is 1. The van der Waals surface area contributed by atoms with E-state index in [0.29, 0.717) is 0 Å². The lowest BCUT2D eigenvalue weighted by Gasteiger charge is -1.93. The Balaban J connectivity index is 0.000000184. The first-order chi connectivity index (χ1) is 6.20. The van der Waals surface area contributed by atoms with Gasteiger partial charge in [0, 0.05) is 0 Å². The van der Waals surface area contributed by atoms with Crippen molar-refractivity contribution in [3.8, 4) is 0 Å². The molecule has 0 saturated carbocycles. The molecule has 70 valence electrons. The van der Waals surface area contributed by atoms with Gasteiger partial charge in [-0.3, -0.25) is 0 Å². The topological polar surface area (TPSA) is 0 Å². The van der Waals surface area contributed by atoms with E-state index in [4.69, 9.17) is 23.2 Å². The fraction of sp³-hybridized carbons (Fsp3) is 0.273. The second-order valence-corrected chi connectivity index (χ2v) is 4.36. The molecule has 0 spiro atoms. The Labute approximate surface area is 89.2 Å². The Bertz CT molecular complexity index is 287. The second-order valence-electron chi connectivity index (χ2n) is 2.82. The zero-order chi connectivity index (χ0) is 9.68. The Morgan fingerprint density at radius 3 is 2.46 bits per heavy atom. The van der Waals surface area contributed by atoms with E-state index in [-0.39, 0.29) is 4.84 Å². The predicted molar refractivity (Wildman–Crippen MR) is 60.3 cm³/mol. The van der Waals surface area contributed by atoms with Crippen LogP contribution in [0.3, 0.4) is 0 Å². The summed E-state index contributed by atoms with van der Waals surface area (Å²) in [7, 11) is 0. The van der Waals surface area contributed by atoms with Crippen LogP contribution in [-0.2, 0) is 6.42 Å². The highest BCUT2D eigenvalue weighted by atomic mass is 35.5. The van der Waals surface area contributed by atoms with Crippen molar-refractivity contribution >= 4 is 29.3 Å². The van der Waals surface area contributed by atoms with Gasteiger partial charge < -0.3 is 0 Å². The van der Waals surface area contributed by atoms with Crippen molar-refractivity contribution < 1.29 is 0 Å². The summed E-state index contributed by atoms with van der Waals surface area (Å²) in [5.74, 6) is 0. The number of hydrogen-bond acceptors (Lipinski definition) is 0. The van der Waals surface area contributed by atoms with Gasteiger partial charge in [0.2, 0.25) is 0 Å². The zero-order valence-electron chi connectivity index (χ0n) is 7.50. The summed E-state index contributed by atoms with van der Waals surface area (Å²) in [4.78, 5) is -0.222. The Morgan fingerprint density at radius 1 is 1.23 bits per heavy atom. The molecule has 1 aromatic carbocycles. The highest BCUT2D eigenvalue weighted by Gasteiger charge is 2.00. The van der Waals surface area contributed by atoms with Crippen molar-refractivity contribution in [2.75, 3.05) is 0 Å². The lowest BCUT2D eigenvalue weighted by atomic mass is 10.1. The minimum absolute atomic E-state index is 0.222. The monoisotopic (exact) mass is 214 g/mol. The predicted octanol–water partition coefficient (Wildman–Crippen LogP) is 4.07. The molecule has 2 heteroatoms. The molecular formula is C11H12Cl2. The zero-order valence-corrected chi connectivity index (χ0v) is 9.02. The van der Waals surface area contributed by atoms with Crippen molar-refractivity contribution in [1.29, 1.82) is 0 Å². The molecule has 0 nitrogen and oxygen atoms in total. The van der Waals surface area contributed by atoms with Crippen LogP contribution in [0.4, 0.5) is 0 Å². The first-order valence-corrected chi connectivity index (χ1v) is 5.10. The molecule has 0 radical (unpaired) electrons. The molecule has 0 bridgehead atoms. The average Bonchev–Trinajstić information content (AvgIpc) is 2.49. The molecule has 1 aromatic rings. The van der Waals surface area contributed by atoms with Gasteiger partial charge in [-0.05, 0) is 24.5 Å². The summed E-state index contributed by atoms with van der Waals surface area (Å²) in [5.41, 5.74) is 2.84. The van der Waals surface area contributed by atoms with E-state index < -0.39 is 0 Å². The largest absolute Gasteiger partial charge is 0.106 e. The van der Waals surface area contributed by atoms with Gasteiger partial charge in [-0.25, -0.2) is 0 Å². The van der Waals surface area contributed by atoms with E-state index in [1.165, 1.54) is 11.1 Å². The van der Waals surface area contributed by atoms with Crippen LogP contribution >= 0.6 is 23.2 Å². The summed E-state index contributed by atoms with van der Waals surface area (Å²) in [6.07, 6.45) is 5.50. The lowest BCUT2D eigenvalue weighted by Crippen LogP contribution is -1.76. The molecule has 1 aliphatic carbocycles. The van der Waals surface area contributed by atoms with Gasteiger partial charge in [-0.2, -0.15) is 0 Å². The molecule has 0 amide bonds. The van der Waals surface area contributed by atoms with Crippen molar-refractivity contribution in [3.05, 3.63) is 41.5 Å². The van der Waals surface area contributed by atoms with Gasteiger partial charge in [0.15, 0.2) is 0 Å². The van der Waals surface area contributed by atoms with Gasteiger partial charge in [-0.15, -0.1) is 23.2 Å². The smallest absolute Gasteiger partial charge is 0.105 e. The molecule has 0 unspecified atom stereocenters. The fourth-order valence-electron chi connectivity index (χ4n) is 1.20. The Hall–Kier alpha value is -0.460. The molecule has 0 saturated heterocycles. The van der Waals surface area contributed by atoms with Crippen LogP contribution in [0.1, 0.15) is 18.1 Å². The minimum Gasteiger partial charge on any atom is -0.106 e. The molecular weight excluding hydrogens is 203 g/mol. The van der Waals surface area contributed by atoms with E-state index >= 15 is 0 Å². The summed E-state index contributed by atoms with van der Waals surface area (Å²) in [6.45, 7) is 1.70. The van der Waals surface area contributed by atoms with Crippen LogP contribution in [0, 0.1) is 0 Å². The SMILES string of the molecule is C1=Cc2ccccc2C1.CC(Cl)Cl. The van der Waals surface area contributed by atoms with Gasteiger partial charge in [0.1, 0.15) is 4.84 Å². The van der Waals surface area contributed by atoms with E-state index in [1.807, 2.05) is 0 Å². The highest BCUT2D eigenvalue weighted by molar-refractivity contribution is 6.43. The number of rotatable bonds is 0. The third-order valence-electron chi connectivity index (χ3n) is 1.69. The van der Waals surface area contributed by atoms with E-state index in [9.17, 15) is 0 Å². The summed E-state index contributed by atoms with van der Waals surface area (Å²) >= 11 is 10.1. The number of alkyl halides is 2. The number of halogens is 2. The molecule has 0 heterocycles. The van der Waals surface area contributed by atoms with E-state index in [1.54, 1.807) is 6.92 Å². The summed E-state index contributed by atoms with van der Waals surface area (Å²) in [5, 5.41) is 0. The highest BCUT2D eigenvalue weighted by Crippen LogP contribution is 2.17. The van der Waals surface area contributed by atoms with E-state index in [2.05, 4.69) is 36.4 Å². The third-order valence-corrected chi connectivity index (χ3v) is 1.69. The molecule has 0 aromatic heterocycles. The second kappa shape index (κ2) is 5.31. The molecule has 0 N–H and O–H groups in total. The lowest BCUT2D eigenvalue weighted by molar-refractivity contribution is 1.31. The number of fused-ring (bicyclic) bond motifs is 1. The molecule has 1 aliphatic rings. The molecule has 13 heavy (non-hydrogen) atoms. The maximum absolute atomic E-state index is 5.04. The minimum atomic E-state index is -0.222.